The number of halogens is 1. The minimum Gasteiger partial charge on any atom is -0.439 e. The van der Waals surface area contributed by atoms with Crippen LogP contribution in [-0.2, 0) is 0 Å². The summed E-state index contributed by atoms with van der Waals surface area (Å²) >= 11 is 7.51. The number of hydrogen-bond acceptors (Lipinski definition) is 6. The lowest BCUT2D eigenvalue weighted by Crippen LogP contribution is -2.21. The Kier molecular flexibility index (Phi) is 4.49. The van der Waals surface area contributed by atoms with Gasteiger partial charge in [-0.05, 0) is 25.0 Å². The van der Waals surface area contributed by atoms with E-state index in [1.54, 1.807) is 17.4 Å². The average molecular weight is 361 g/mol. The Morgan fingerprint density at radius 2 is 2.00 bits per heavy atom. The van der Waals surface area contributed by atoms with Gasteiger partial charge in [0.15, 0.2) is 5.13 Å². The number of fused-ring (bicyclic) bond motifs is 1. The van der Waals surface area contributed by atoms with Crippen molar-refractivity contribution in [3.8, 4) is 11.6 Å². The first-order valence-electron chi connectivity index (χ1n) is 8.09. The van der Waals surface area contributed by atoms with Crippen molar-refractivity contribution < 1.29 is 4.74 Å². The zero-order chi connectivity index (χ0) is 16.4. The van der Waals surface area contributed by atoms with Gasteiger partial charge in [0.25, 0.3) is 0 Å². The summed E-state index contributed by atoms with van der Waals surface area (Å²) < 4.78 is 6.84. The van der Waals surface area contributed by atoms with Crippen LogP contribution >= 0.6 is 22.9 Å². The number of benzene rings is 1. The number of aromatic nitrogens is 3. The van der Waals surface area contributed by atoms with E-state index in [2.05, 4.69) is 20.3 Å². The molecule has 0 unspecified atom stereocenters. The lowest BCUT2D eigenvalue weighted by molar-refractivity contribution is 0.462. The molecular formula is C17H17ClN4OS. The molecule has 0 saturated heterocycles. The zero-order valence-corrected chi connectivity index (χ0v) is 14.6. The Bertz CT molecular complexity index is 847. The largest absolute Gasteiger partial charge is 0.439 e. The topological polar surface area (TPSA) is 59.9 Å². The molecule has 0 atom stereocenters. The van der Waals surface area contributed by atoms with E-state index < -0.39 is 0 Å². The van der Waals surface area contributed by atoms with Crippen LogP contribution < -0.4 is 10.1 Å². The first-order chi connectivity index (χ1) is 11.8. The second-order valence-electron chi connectivity index (χ2n) is 5.91. The number of ether oxygens (including phenoxy) is 1. The van der Waals surface area contributed by atoms with Gasteiger partial charge in [-0.2, -0.15) is 0 Å². The van der Waals surface area contributed by atoms with E-state index in [4.69, 9.17) is 16.3 Å². The van der Waals surface area contributed by atoms with Gasteiger partial charge in [0.1, 0.15) is 17.2 Å². The molecule has 4 rings (SSSR count). The van der Waals surface area contributed by atoms with E-state index >= 15 is 0 Å². The van der Waals surface area contributed by atoms with Crippen molar-refractivity contribution in [1.82, 2.24) is 15.0 Å². The van der Waals surface area contributed by atoms with E-state index in [1.165, 1.54) is 38.4 Å². The Balaban J connectivity index is 1.52. The molecule has 5 nitrogen and oxygen atoms in total. The van der Waals surface area contributed by atoms with Gasteiger partial charge in [-0.25, -0.2) is 15.0 Å². The summed E-state index contributed by atoms with van der Waals surface area (Å²) in [5.41, 5.74) is 0.978. The molecule has 2 heterocycles. The number of nitrogens with zero attached hydrogens (tertiary/aromatic N) is 3. The predicted octanol–water partition coefficient (Wildman–Crippen LogP) is 5.28. The van der Waals surface area contributed by atoms with Crippen LogP contribution in [0.25, 0.3) is 10.2 Å². The van der Waals surface area contributed by atoms with Gasteiger partial charge in [-0.1, -0.05) is 42.2 Å². The number of rotatable bonds is 4. The number of nitrogens with one attached hydrogen (secondary N) is 1. The molecule has 1 aromatic carbocycles. The minimum atomic E-state index is 0.359. The van der Waals surface area contributed by atoms with Crippen molar-refractivity contribution in [3.05, 3.63) is 35.7 Å². The molecule has 0 radical (unpaired) electrons. The van der Waals surface area contributed by atoms with Gasteiger partial charge < -0.3 is 10.1 Å². The Morgan fingerprint density at radius 3 is 2.83 bits per heavy atom. The normalized spacial score (nSPS) is 15.5. The highest BCUT2D eigenvalue weighted by molar-refractivity contribution is 7.22. The molecule has 24 heavy (non-hydrogen) atoms. The molecule has 0 spiro atoms. The van der Waals surface area contributed by atoms with Crippen LogP contribution in [0.5, 0.6) is 11.6 Å². The first-order valence-corrected chi connectivity index (χ1v) is 9.28. The summed E-state index contributed by atoms with van der Waals surface area (Å²) in [7, 11) is 0. The van der Waals surface area contributed by atoms with Crippen LogP contribution in [0.2, 0.25) is 5.15 Å². The fourth-order valence-corrected chi connectivity index (χ4v) is 4.05. The molecule has 1 N–H and O–H groups in total. The van der Waals surface area contributed by atoms with Crippen LogP contribution in [0.15, 0.2) is 30.6 Å². The maximum atomic E-state index is 5.85. The van der Waals surface area contributed by atoms with Crippen molar-refractivity contribution in [2.45, 2.75) is 38.1 Å². The third kappa shape index (κ3) is 3.60. The standard InChI is InChI=1S/C17H17ClN4OS/c18-15-9-16(20-10-19-15)23-12-6-7-13-14(8-12)24-17(22-13)21-11-4-2-1-3-5-11/h6-11H,1-5H2,(H,21,22). The Labute approximate surface area is 149 Å². The van der Waals surface area contributed by atoms with E-state index in [9.17, 15) is 0 Å². The second kappa shape index (κ2) is 6.91. The molecule has 1 aliphatic rings. The monoisotopic (exact) mass is 360 g/mol. The molecule has 0 amide bonds. The fourth-order valence-electron chi connectivity index (χ4n) is 2.95. The molecule has 7 heteroatoms. The summed E-state index contributed by atoms with van der Waals surface area (Å²) in [6, 6.07) is 7.99. The summed E-state index contributed by atoms with van der Waals surface area (Å²) in [6.07, 6.45) is 7.82. The smallest absolute Gasteiger partial charge is 0.223 e. The lowest BCUT2D eigenvalue weighted by Gasteiger charge is -2.22. The quantitative estimate of drug-likeness (QED) is 0.641. The van der Waals surface area contributed by atoms with Crippen molar-refractivity contribution >= 4 is 38.3 Å². The third-order valence-corrected chi connectivity index (χ3v) is 5.28. The van der Waals surface area contributed by atoms with Crippen molar-refractivity contribution in [1.29, 1.82) is 0 Å². The van der Waals surface area contributed by atoms with Crippen molar-refractivity contribution in [2.75, 3.05) is 5.32 Å². The zero-order valence-electron chi connectivity index (χ0n) is 13.0. The predicted molar refractivity (Wildman–Crippen MR) is 97.2 cm³/mol. The number of anilines is 1. The highest BCUT2D eigenvalue weighted by atomic mass is 35.5. The van der Waals surface area contributed by atoms with Gasteiger partial charge in [-0.3, -0.25) is 0 Å². The minimum absolute atomic E-state index is 0.359. The number of thiazole rings is 1. The van der Waals surface area contributed by atoms with E-state index in [-0.39, 0.29) is 0 Å². The van der Waals surface area contributed by atoms with Gasteiger partial charge >= 0.3 is 0 Å². The maximum Gasteiger partial charge on any atom is 0.223 e. The molecule has 1 saturated carbocycles. The van der Waals surface area contributed by atoms with Crippen LogP contribution in [0.4, 0.5) is 5.13 Å². The second-order valence-corrected chi connectivity index (χ2v) is 7.33. The molecule has 1 fully saturated rings. The molecular weight excluding hydrogens is 344 g/mol. The highest BCUT2D eigenvalue weighted by Crippen LogP contribution is 2.32. The molecule has 124 valence electrons. The van der Waals surface area contributed by atoms with Gasteiger partial charge in [0.05, 0.1) is 10.2 Å². The molecule has 1 aliphatic carbocycles. The fraction of sp³-hybridized carbons (Fsp3) is 0.353. The summed E-state index contributed by atoms with van der Waals surface area (Å²) in [4.78, 5) is 12.6. The Hall–Kier alpha value is -1.92. The third-order valence-electron chi connectivity index (χ3n) is 4.12. The summed E-state index contributed by atoms with van der Waals surface area (Å²) in [5.74, 6) is 1.14. The van der Waals surface area contributed by atoms with Gasteiger partial charge in [0.2, 0.25) is 5.88 Å². The first kappa shape index (κ1) is 15.6. The van der Waals surface area contributed by atoms with Crippen LogP contribution in [0.3, 0.4) is 0 Å². The lowest BCUT2D eigenvalue weighted by atomic mass is 9.96. The molecule has 2 aromatic heterocycles. The van der Waals surface area contributed by atoms with Gasteiger partial charge in [0, 0.05) is 18.2 Å². The van der Waals surface area contributed by atoms with Gasteiger partial charge in [-0.15, -0.1) is 0 Å². The van der Waals surface area contributed by atoms with E-state index in [0.717, 1.165) is 15.3 Å². The molecule has 3 aromatic rings. The maximum absolute atomic E-state index is 5.85. The van der Waals surface area contributed by atoms with Crippen LogP contribution in [0.1, 0.15) is 32.1 Å². The summed E-state index contributed by atoms with van der Waals surface area (Å²) in [5, 5.41) is 4.92. The SMILES string of the molecule is Clc1cc(Oc2ccc3nc(NC4CCCCC4)sc3c2)ncn1. The summed E-state index contributed by atoms with van der Waals surface area (Å²) in [6.45, 7) is 0. The van der Waals surface area contributed by atoms with E-state index in [0.29, 0.717) is 22.8 Å². The number of hydrogen-bond donors (Lipinski definition) is 1. The van der Waals surface area contributed by atoms with Crippen molar-refractivity contribution in [3.63, 3.8) is 0 Å². The van der Waals surface area contributed by atoms with Crippen LogP contribution in [0, 0.1) is 0 Å². The molecule has 0 aliphatic heterocycles. The average Bonchev–Trinajstić information content (AvgIpc) is 2.97. The molecule has 0 bridgehead atoms. The van der Waals surface area contributed by atoms with E-state index in [1.807, 2.05) is 18.2 Å². The van der Waals surface area contributed by atoms with Crippen LogP contribution in [-0.4, -0.2) is 21.0 Å². The van der Waals surface area contributed by atoms with Crippen molar-refractivity contribution in [2.24, 2.45) is 0 Å². The highest BCUT2D eigenvalue weighted by Gasteiger charge is 2.15. The Morgan fingerprint density at radius 1 is 1.12 bits per heavy atom.